The van der Waals surface area contributed by atoms with Gasteiger partial charge >= 0.3 is 0 Å². The lowest BCUT2D eigenvalue weighted by Gasteiger charge is -2.29. The molecule has 0 fully saturated rings. The summed E-state index contributed by atoms with van der Waals surface area (Å²) in [4.78, 5) is 4.43. The number of aryl methyl sites for hydroxylation is 1. The van der Waals surface area contributed by atoms with Gasteiger partial charge in [0.1, 0.15) is 0 Å². The first-order valence-corrected chi connectivity index (χ1v) is 7.13. The van der Waals surface area contributed by atoms with Gasteiger partial charge in [-0.15, -0.1) is 0 Å². The fourth-order valence-corrected chi connectivity index (χ4v) is 3.46. The minimum Gasteiger partial charge on any atom is -0.314 e. The Labute approximate surface area is 124 Å². The molecule has 21 heavy (non-hydrogen) atoms. The normalized spacial score (nSPS) is 14.6. The summed E-state index contributed by atoms with van der Waals surface area (Å²) in [5.74, 6) is 0. The molecule has 1 aliphatic carbocycles. The predicted octanol–water partition coefficient (Wildman–Crippen LogP) is 3.62. The predicted molar refractivity (Wildman–Crippen MR) is 84.9 cm³/mol. The maximum Gasteiger partial charge on any atom is 0.0952 e. The summed E-state index contributed by atoms with van der Waals surface area (Å²) in [5, 5.41) is 0. The largest absolute Gasteiger partial charge is 0.314 e. The molecule has 0 aliphatic heterocycles. The van der Waals surface area contributed by atoms with E-state index in [2.05, 4.69) is 59.6 Å². The first kappa shape index (κ1) is 12.3. The minimum atomic E-state index is -0.620. The van der Waals surface area contributed by atoms with Crippen molar-refractivity contribution in [3.05, 3.63) is 89.2 Å². The third kappa shape index (κ3) is 1.54. The van der Waals surface area contributed by atoms with E-state index < -0.39 is 5.54 Å². The van der Waals surface area contributed by atoms with Crippen LogP contribution in [0.1, 0.15) is 22.4 Å². The van der Waals surface area contributed by atoms with Crippen LogP contribution in [0, 0.1) is 6.92 Å². The molecule has 2 aromatic carbocycles. The summed E-state index contributed by atoms with van der Waals surface area (Å²) in [6.45, 7) is 2.02. The molecule has 0 radical (unpaired) electrons. The number of hydrogen-bond donors (Lipinski definition) is 1. The van der Waals surface area contributed by atoms with Crippen LogP contribution >= 0.6 is 0 Å². The molecule has 3 aromatic rings. The molecule has 1 aromatic heterocycles. The van der Waals surface area contributed by atoms with E-state index in [0.29, 0.717) is 0 Å². The maximum absolute atomic E-state index is 6.96. The lowest BCUT2D eigenvalue weighted by atomic mass is 9.81. The maximum atomic E-state index is 6.96. The van der Waals surface area contributed by atoms with E-state index >= 15 is 0 Å². The second kappa shape index (κ2) is 4.27. The summed E-state index contributed by atoms with van der Waals surface area (Å²) < 4.78 is 0. The van der Waals surface area contributed by atoms with E-state index in [1.54, 1.807) is 0 Å². The zero-order valence-corrected chi connectivity index (χ0v) is 11.9. The highest BCUT2D eigenvalue weighted by Crippen LogP contribution is 2.49. The molecule has 4 rings (SSSR count). The molecule has 0 amide bonds. The van der Waals surface area contributed by atoms with Crippen LogP contribution in [0.2, 0.25) is 0 Å². The summed E-state index contributed by atoms with van der Waals surface area (Å²) in [7, 11) is 0. The Bertz CT molecular complexity index is 791. The molecule has 0 bridgehead atoms. The van der Waals surface area contributed by atoms with Crippen LogP contribution < -0.4 is 5.73 Å². The smallest absolute Gasteiger partial charge is 0.0952 e. The number of nitrogens with zero attached hydrogens (tertiary/aromatic N) is 1. The number of hydrogen-bond acceptors (Lipinski definition) is 2. The molecule has 0 atom stereocenters. The molecule has 1 heterocycles. The minimum absolute atomic E-state index is 0.620. The zero-order chi connectivity index (χ0) is 14.4. The second-order valence-electron chi connectivity index (χ2n) is 5.54. The van der Waals surface area contributed by atoms with E-state index in [-0.39, 0.29) is 0 Å². The second-order valence-corrected chi connectivity index (χ2v) is 5.54. The van der Waals surface area contributed by atoms with Gasteiger partial charge in [-0.05, 0) is 35.2 Å². The summed E-state index contributed by atoms with van der Waals surface area (Å²) >= 11 is 0. The Hall–Kier alpha value is -2.45. The highest BCUT2D eigenvalue weighted by molar-refractivity contribution is 5.82. The van der Waals surface area contributed by atoms with E-state index in [1.165, 1.54) is 11.1 Å². The molecule has 2 nitrogen and oxygen atoms in total. The Kier molecular flexibility index (Phi) is 2.50. The van der Waals surface area contributed by atoms with Gasteiger partial charge < -0.3 is 5.73 Å². The van der Waals surface area contributed by atoms with Crippen molar-refractivity contribution in [1.29, 1.82) is 0 Å². The monoisotopic (exact) mass is 272 g/mol. The van der Waals surface area contributed by atoms with Gasteiger partial charge in [0.15, 0.2) is 0 Å². The van der Waals surface area contributed by atoms with Crippen LogP contribution in [0.15, 0.2) is 66.9 Å². The summed E-state index contributed by atoms with van der Waals surface area (Å²) in [6.07, 6.45) is 1.81. The molecular formula is C19H16N2. The standard InChI is InChI=1S/C19H16N2/c1-13-16(11-6-12-21-13)19(20)17-9-4-2-7-14(17)15-8-3-5-10-18(15)19/h2-12H,20H2,1H3. The number of fused-ring (bicyclic) bond motifs is 3. The van der Waals surface area contributed by atoms with Crippen molar-refractivity contribution in [1.82, 2.24) is 4.98 Å². The zero-order valence-electron chi connectivity index (χ0n) is 11.9. The Morgan fingerprint density at radius 1 is 0.762 bits per heavy atom. The van der Waals surface area contributed by atoms with Gasteiger partial charge in [0.25, 0.3) is 0 Å². The Balaban J connectivity index is 2.12. The first-order chi connectivity index (χ1) is 10.2. The van der Waals surface area contributed by atoms with Crippen LogP contribution in [0.3, 0.4) is 0 Å². The molecule has 2 heteroatoms. The van der Waals surface area contributed by atoms with Crippen molar-refractivity contribution in [2.75, 3.05) is 0 Å². The lowest BCUT2D eigenvalue weighted by Crippen LogP contribution is -2.38. The number of nitrogens with two attached hydrogens (primary N) is 1. The van der Waals surface area contributed by atoms with Gasteiger partial charge in [0, 0.05) is 17.5 Å². The van der Waals surface area contributed by atoms with Crippen LogP contribution in [-0.4, -0.2) is 4.98 Å². The highest BCUT2D eigenvalue weighted by Gasteiger charge is 2.42. The summed E-state index contributed by atoms with van der Waals surface area (Å²) in [6, 6.07) is 20.8. The molecule has 102 valence electrons. The number of pyridine rings is 1. The first-order valence-electron chi connectivity index (χ1n) is 7.13. The van der Waals surface area contributed by atoms with Crippen LogP contribution in [-0.2, 0) is 5.54 Å². The fourth-order valence-electron chi connectivity index (χ4n) is 3.46. The Morgan fingerprint density at radius 2 is 1.29 bits per heavy atom. The van der Waals surface area contributed by atoms with E-state index in [4.69, 9.17) is 5.73 Å². The number of rotatable bonds is 1. The fraction of sp³-hybridized carbons (Fsp3) is 0.105. The molecular weight excluding hydrogens is 256 g/mol. The van der Waals surface area contributed by atoms with Gasteiger partial charge in [-0.1, -0.05) is 54.6 Å². The van der Waals surface area contributed by atoms with Gasteiger partial charge in [-0.2, -0.15) is 0 Å². The van der Waals surface area contributed by atoms with Crippen molar-refractivity contribution in [2.24, 2.45) is 5.73 Å². The van der Waals surface area contributed by atoms with Crippen LogP contribution in [0.5, 0.6) is 0 Å². The van der Waals surface area contributed by atoms with Crippen molar-refractivity contribution in [2.45, 2.75) is 12.5 Å². The van der Waals surface area contributed by atoms with Crippen molar-refractivity contribution < 1.29 is 0 Å². The van der Waals surface area contributed by atoms with E-state index in [1.807, 2.05) is 19.2 Å². The third-order valence-corrected chi connectivity index (χ3v) is 4.43. The van der Waals surface area contributed by atoms with Crippen LogP contribution in [0.4, 0.5) is 0 Å². The van der Waals surface area contributed by atoms with Gasteiger partial charge in [-0.25, -0.2) is 0 Å². The van der Waals surface area contributed by atoms with Crippen molar-refractivity contribution >= 4 is 0 Å². The van der Waals surface area contributed by atoms with Gasteiger partial charge in [0.05, 0.1) is 5.54 Å². The van der Waals surface area contributed by atoms with E-state index in [0.717, 1.165) is 22.4 Å². The Morgan fingerprint density at radius 3 is 1.86 bits per heavy atom. The average Bonchev–Trinajstić information content (AvgIpc) is 2.79. The topological polar surface area (TPSA) is 38.9 Å². The van der Waals surface area contributed by atoms with Crippen LogP contribution in [0.25, 0.3) is 11.1 Å². The molecule has 1 aliphatic rings. The number of aromatic nitrogens is 1. The molecule has 0 unspecified atom stereocenters. The van der Waals surface area contributed by atoms with Gasteiger partial charge in [-0.3, -0.25) is 4.98 Å². The quantitative estimate of drug-likeness (QED) is 0.735. The molecule has 0 spiro atoms. The molecule has 0 saturated heterocycles. The van der Waals surface area contributed by atoms with E-state index in [9.17, 15) is 0 Å². The third-order valence-electron chi connectivity index (χ3n) is 4.43. The lowest BCUT2D eigenvalue weighted by molar-refractivity contribution is 0.661. The van der Waals surface area contributed by atoms with Crippen molar-refractivity contribution in [3.63, 3.8) is 0 Å². The summed E-state index contributed by atoms with van der Waals surface area (Å²) in [5.41, 5.74) is 13.1. The number of benzene rings is 2. The SMILES string of the molecule is Cc1ncccc1C1(N)c2ccccc2-c2ccccc21. The molecule has 2 N–H and O–H groups in total. The van der Waals surface area contributed by atoms with Gasteiger partial charge in [0.2, 0.25) is 0 Å². The highest BCUT2D eigenvalue weighted by atomic mass is 14.8. The molecule has 0 saturated carbocycles. The van der Waals surface area contributed by atoms with Crippen molar-refractivity contribution in [3.8, 4) is 11.1 Å². The average molecular weight is 272 g/mol.